The number of nitrogens with one attached hydrogen (secondary N) is 2. The summed E-state index contributed by atoms with van der Waals surface area (Å²) >= 11 is 0. The van der Waals surface area contributed by atoms with Crippen LogP contribution < -0.4 is 10.6 Å². The summed E-state index contributed by atoms with van der Waals surface area (Å²) in [7, 11) is 0. The van der Waals surface area contributed by atoms with Crippen LogP contribution in [0.3, 0.4) is 0 Å². The average molecular weight is 694 g/mol. The van der Waals surface area contributed by atoms with Gasteiger partial charge in [-0.15, -0.1) is 0 Å². The minimum Gasteiger partial charge on any atom is -0.458 e. The number of ether oxygens (including phenoxy) is 2. The van der Waals surface area contributed by atoms with Gasteiger partial charge in [-0.05, 0) is 90.0 Å². The van der Waals surface area contributed by atoms with Crippen molar-refractivity contribution in [1.82, 2.24) is 15.5 Å². The van der Waals surface area contributed by atoms with Crippen molar-refractivity contribution < 1.29 is 28.7 Å². The van der Waals surface area contributed by atoms with Crippen LogP contribution in [-0.2, 0) is 30.3 Å². The lowest BCUT2D eigenvalue weighted by molar-refractivity contribution is -0.159. The van der Waals surface area contributed by atoms with Crippen molar-refractivity contribution in [3.05, 3.63) is 70.8 Å². The monoisotopic (exact) mass is 693 g/mol. The van der Waals surface area contributed by atoms with Gasteiger partial charge in [-0.3, -0.25) is 9.59 Å². The molecular weight excluding hydrogens is 630 g/mol. The van der Waals surface area contributed by atoms with E-state index in [0.717, 1.165) is 48.8 Å². The Bertz CT molecular complexity index is 1390. The predicted molar refractivity (Wildman–Crippen MR) is 200 cm³/mol. The van der Waals surface area contributed by atoms with Crippen LogP contribution in [0.15, 0.2) is 48.5 Å². The number of unbranched alkanes of at least 4 members (excludes halogenated alkanes) is 5. The SMILES string of the molecule is CCCCCCCCN(C(=O)C(NC(=O)OC(C)(C)C)C(C)C)C(C(=O)NC(Cc1ccccc1)C(=O)OC(C)(C)C)c1cccc(C)c1C. The topological polar surface area (TPSA) is 114 Å². The molecule has 0 aliphatic heterocycles. The van der Waals surface area contributed by atoms with E-state index in [9.17, 15) is 19.2 Å². The van der Waals surface area contributed by atoms with Gasteiger partial charge in [0.1, 0.15) is 29.3 Å². The van der Waals surface area contributed by atoms with Gasteiger partial charge in [0.2, 0.25) is 11.8 Å². The van der Waals surface area contributed by atoms with Crippen LogP contribution in [0.2, 0.25) is 0 Å². The fourth-order valence-electron chi connectivity index (χ4n) is 5.74. The molecule has 50 heavy (non-hydrogen) atoms. The van der Waals surface area contributed by atoms with E-state index in [4.69, 9.17) is 9.47 Å². The number of nitrogens with zero attached hydrogens (tertiary/aromatic N) is 1. The lowest BCUT2D eigenvalue weighted by atomic mass is 9.93. The van der Waals surface area contributed by atoms with E-state index in [0.29, 0.717) is 12.0 Å². The van der Waals surface area contributed by atoms with Crippen molar-refractivity contribution in [1.29, 1.82) is 0 Å². The number of hydrogen-bond acceptors (Lipinski definition) is 6. The van der Waals surface area contributed by atoms with E-state index in [1.54, 1.807) is 46.4 Å². The number of hydrogen-bond donors (Lipinski definition) is 2. The van der Waals surface area contributed by atoms with Gasteiger partial charge in [0.25, 0.3) is 0 Å². The first-order valence-electron chi connectivity index (χ1n) is 18.3. The van der Waals surface area contributed by atoms with E-state index in [1.807, 2.05) is 76.2 Å². The Hall–Kier alpha value is -3.88. The van der Waals surface area contributed by atoms with E-state index in [1.165, 1.54) is 0 Å². The summed E-state index contributed by atoms with van der Waals surface area (Å²) < 4.78 is 11.3. The van der Waals surface area contributed by atoms with Crippen LogP contribution in [0.5, 0.6) is 0 Å². The van der Waals surface area contributed by atoms with Crippen molar-refractivity contribution >= 4 is 23.9 Å². The lowest BCUT2D eigenvalue weighted by Gasteiger charge is -2.37. The van der Waals surface area contributed by atoms with Gasteiger partial charge in [0.05, 0.1) is 0 Å². The third-order valence-electron chi connectivity index (χ3n) is 8.43. The van der Waals surface area contributed by atoms with Crippen molar-refractivity contribution in [2.24, 2.45) is 5.92 Å². The maximum absolute atomic E-state index is 14.8. The molecule has 0 fully saturated rings. The molecule has 0 aliphatic rings. The molecule has 3 unspecified atom stereocenters. The molecule has 0 heterocycles. The Morgan fingerprint density at radius 2 is 1.36 bits per heavy atom. The van der Waals surface area contributed by atoms with E-state index >= 15 is 0 Å². The fraction of sp³-hybridized carbons (Fsp3) is 0.610. The van der Waals surface area contributed by atoms with Crippen molar-refractivity contribution in [3.8, 4) is 0 Å². The number of esters is 1. The summed E-state index contributed by atoms with van der Waals surface area (Å²) in [5.41, 5.74) is 1.81. The van der Waals surface area contributed by atoms with Crippen molar-refractivity contribution in [2.45, 2.75) is 150 Å². The molecule has 2 aromatic rings. The molecular formula is C41H63N3O6. The van der Waals surface area contributed by atoms with Crippen LogP contribution in [0.25, 0.3) is 0 Å². The van der Waals surface area contributed by atoms with Crippen LogP contribution in [0.4, 0.5) is 4.79 Å². The summed E-state index contributed by atoms with van der Waals surface area (Å²) in [6, 6.07) is 12.1. The van der Waals surface area contributed by atoms with Gasteiger partial charge in [-0.25, -0.2) is 9.59 Å². The molecule has 0 bridgehead atoms. The first-order valence-corrected chi connectivity index (χ1v) is 18.3. The summed E-state index contributed by atoms with van der Waals surface area (Å²) in [4.78, 5) is 57.8. The van der Waals surface area contributed by atoms with Gasteiger partial charge in [-0.1, -0.05) is 101 Å². The molecule has 2 N–H and O–H groups in total. The number of aryl methyl sites for hydroxylation is 1. The molecule has 0 saturated carbocycles. The molecule has 3 amide bonds. The van der Waals surface area contributed by atoms with Gasteiger partial charge in [-0.2, -0.15) is 0 Å². The smallest absolute Gasteiger partial charge is 0.408 e. The molecule has 0 aliphatic carbocycles. The number of carbonyl (C=O) groups is 4. The third kappa shape index (κ3) is 14.2. The molecule has 9 nitrogen and oxygen atoms in total. The second-order valence-electron chi connectivity index (χ2n) is 15.6. The maximum Gasteiger partial charge on any atom is 0.408 e. The molecule has 0 spiro atoms. The summed E-state index contributed by atoms with van der Waals surface area (Å²) in [6.07, 6.45) is 5.42. The number of benzene rings is 2. The molecule has 0 aromatic heterocycles. The molecule has 0 saturated heterocycles. The molecule has 2 rings (SSSR count). The zero-order valence-corrected chi connectivity index (χ0v) is 32.5. The second-order valence-corrected chi connectivity index (χ2v) is 15.6. The predicted octanol–water partition coefficient (Wildman–Crippen LogP) is 8.15. The molecule has 3 atom stereocenters. The second kappa shape index (κ2) is 19.5. The zero-order valence-electron chi connectivity index (χ0n) is 32.5. The highest BCUT2D eigenvalue weighted by atomic mass is 16.6. The summed E-state index contributed by atoms with van der Waals surface area (Å²) in [5, 5.41) is 5.81. The highest BCUT2D eigenvalue weighted by Gasteiger charge is 2.39. The minimum absolute atomic E-state index is 0.210. The third-order valence-corrected chi connectivity index (χ3v) is 8.43. The highest BCUT2D eigenvalue weighted by molar-refractivity contribution is 5.94. The molecule has 2 aromatic carbocycles. The van der Waals surface area contributed by atoms with Gasteiger partial charge < -0.3 is 25.0 Å². The zero-order chi connectivity index (χ0) is 37.6. The van der Waals surface area contributed by atoms with Crippen molar-refractivity contribution in [3.63, 3.8) is 0 Å². The first kappa shape index (κ1) is 42.3. The van der Waals surface area contributed by atoms with Crippen molar-refractivity contribution in [2.75, 3.05) is 6.54 Å². The summed E-state index contributed by atoms with van der Waals surface area (Å²) in [5.74, 6) is -1.76. The highest BCUT2D eigenvalue weighted by Crippen LogP contribution is 2.29. The Morgan fingerprint density at radius 1 is 0.760 bits per heavy atom. The average Bonchev–Trinajstić information content (AvgIpc) is 3.00. The Balaban J connectivity index is 2.66. The van der Waals surface area contributed by atoms with Gasteiger partial charge in [0.15, 0.2) is 0 Å². The van der Waals surface area contributed by atoms with Crippen LogP contribution in [0, 0.1) is 19.8 Å². The number of alkyl carbamates (subject to hydrolysis) is 1. The van der Waals surface area contributed by atoms with Crippen LogP contribution >= 0.6 is 0 Å². The van der Waals surface area contributed by atoms with Crippen LogP contribution in [0.1, 0.15) is 129 Å². The van der Waals surface area contributed by atoms with E-state index < -0.39 is 53.2 Å². The standard InChI is InChI=1S/C41H63N3O6/c1-12-13-14-15-16-20-26-44(37(46)34(28(2)3)43-39(48)50-41(9,10)11)35(32-25-21-22-29(4)30(32)5)36(45)42-33(38(47)49-40(6,7)8)27-31-23-18-17-19-24-31/h17-19,21-25,28,33-35H,12-16,20,26-27H2,1-11H3,(H,42,45)(H,43,48). The lowest BCUT2D eigenvalue weighted by Crippen LogP contribution is -2.56. The Labute approximate surface area is 301 Å². The molecule has 0 radical (unpaired) electrons. The molecule has 9 heteroatoms. The number of amides is 3. The van der Waals surface area contributed by atoms with E-state index in [2.05, 4.69) is 17.6 Å². The Morgan fingerprint density at radius 3 is 1.94 bits per heavy atom. The number of carbonyl (C=O) groups excluding carboxylic acids is 4. The summed E-state index contributed by atoms with van der Waals surface area (Å²) in [6.45, 7) is 20.7. The first-order chi connectivity index (χ1) is 23.3. The van der Waals surface area contributed by atoms with Crippen LogP contribution in [-0.4, -0.2) is 58.6 Å². The minimum atomic E-state index is -1.08. The quantitative estimate of drug-likeness (QED) is 0.128. The van der Waals surface area contributed by atoms with Gasteiger partial charge in [0, 0.05) is 13.0 Å². The van der Waals surface area contributed by atoms with Gasteiger partial charge >= 0.3 is 12.1 Å². The molecule has 278 valence electrons. The normalized spacial score (nSPS) is 13.6. The Kier molecular flexibility index (Phi) is 16.5. The fourth-order valence-corrected chi connectivity index (χ4v) is 5.74. The van der Waals surface area contributed by atoms with E-state index in [-0.39, 0.29) is 18.9 Å². The largest absolute Gasteiger partial charge is 0.458 e. The number of rotatable bonds is 17. The maximum atomic E-state index is 14.8.